The second-order valence-corrected chi connectivity index (χ2v) is 5.79. The van der Waals surface area contributed by atoms with E-state index in [9.17, 15) is 4.79 Å². The Morgan fingerprint density at radius 3 is 2.65 bits per heavy atom. The van der Waals surface area contributed by atoms with Crippen molar-refractivity contribution in [3.05, 3.63) is 77.6 Å². The number of benzene rings is 2. The number of aromatic nitrogens is 2. The predicted molar refractivity (Wildman–Crippen MR) is 101 cm³/mol. The maximum atomic E-state index is 12.3. The van der Waals surface area contributed by atoms with Gasteiger partial charge in [0.2, 0.25) is 5.95 Å². The smallest absolute Gasteiger partial charge is 0.270 e. The minimum atomic E-state index is -0.244. The molecule has 0 radical (unpaired) electrons. The summed E-state index contributed by atoms with van der Waals surface area (Å²) in [5, 5.41) is 5.95. The topological polar surface area (TPSA) is 76.1 Å². The second-order valence-electron chi connectivity index (χ2n) is 5.79. The van der Waals surface area contributed by atoms with E-state index in [0.29, 0.717) is 18.2 Å². The van der Waals surface area contributed by atoms with E-state index in [1.165, 1.54) is 0 Å². The van der Waals surface area contributed by atoms with Crippen molar-refractivity contribution < 1.29 is 9.53 Å². The number of hydrogen-bond acceptors (Lipinski definition) is 5. The molecule has 0 bridgehead atoms. The summed E-state index contributed by atoms with van der Waals surface area (Å²) >= 11 is 0. The molecule has 6 nitrogen and oxygen atoms in total. The van der Waals surface area contributed by atoms with Crippen molar-refractivity contribution >= 4 is 17.5 Å². The lowest BCUT2D eigenvalue weighted by Gasteiger charge is -2.08. The van der Waals surface area contributed by atoms with E-state index in [1.54, 1.807) is 19.4 Å². The molecule has 6 heteroatoms. The van der Waals surface area contributed by atoms with Crippen LogP contribution < -0.4 is 15.4 Å². The summed E-state index contributed by atoms with van der Waals surface area (Å²) in [6, 6.07) is 17.0. The summed E-state index contributed by atoms with van der Waals surface area (Å²) in [6.45, 7) is 2.47. The van der Waals surface area contributed by atoms with Crippen LogP contribution in [0.2, 0.25) is 0 Å². The van der Waals surface area contributed by atoms with E-state index in [-0.39, 0.29) is 5.91 Å². The summed E-state index contributed by atoms with van der Waals surface area (Å²) < 4.78 is 5.13. The normalized spacial score (nSPS) is 10.2. The van der Waals surface area contributed by atoms with E-state index in [0.717, 1.165) is 22.6 Å². The molecule has 2 N–H and O–H groups in total. The van der Waals surface area contributed by atoms with E-state index >= 15 is 0 Å². The molecule has 1 aromatic heterocycles. The highest BCUT2D eigenvalue weighted by Gasteiger charge is 2.09. The lowest BCUT2D eigenvalue weighted by molar-refractivity contribution is 0.0946. The summed E-state index contributed by atoms with van der Waals surface area (Å²) in [5.74, 6) is 0.880. The Balaban J connectivity index is 1.64. The highest BCUT2D eigenvalue weighted by atomic mass is 16.5. The number of carbonyl (C=O) groups excluding carboxylic acids is 1. The summed E-state index contributed by atoms with van der Waals surface area (Å²) in [6.07, 6.45) is 1.56. The Hall–Kier alpha value is -3.41. The molecule has 3 rings (SSSR count). The molecule has 0 spiro atoms. The van der Waals surface area contributed by atoms with Crippen molar-refractivity contribution in [1.29, 1.82) is 0 Å². The van der Waals surface area contributed by atoms with Gasteiger partial charge in [0.1, 0.15) is 11.4 Å². The Kier molecular flexibility index (Phi) is 5.43. The fourth-order valence-electron chi connectivity index (χ4n) is 2.44. The number of nitrogens with zero attached hydrogens (tertiary/aromatic N) is 2. The Bertz CT molecular complexity index is 894. The maximum absolute atomic E-state index is 12.3. The number of amides is 1. The lowest BCUT2D eigenvalue weighted by atomic mass is 10.1. The first-order chi connectivity index (χ1) is 12.6. The van der Waals surface area contributed by atoms with Gasteiger partial charge < -0.3 is 15.4 Å². The van der Waals surface area contributed by atoms with Gasteiger partial charge in [-0.05, 0) is 42.8 Å². The van der Waals surface area contributed by atoms with Gasteiger partial charge in [-0.2, -0.15) is 0 Å². The lowest BCUT2D eigenvalue weighted by Crippen LogP contribution is -2.24. The molecular formula is C20H20N4O2. The monoisotopic (exact) mass is 348 g/mol. The number of methoxy groups -OCH3 is 1. The van der Waals surface area contributed by atoms with E-state index in [4.69, 9.17) is 4.74 Å². The van der Waals surface area contributed by atoms with Gasteiger partial charge in [0.15, 0.2) is 0 Å². The van der Waals surface area contributed by atoms with Gasteiger partial charge in [0.25, 0.3) is 5.91 Å². The van der Waals surface area contributed by atoms with Crippen molar-refractivity contribution in [1.82, 2.24) is 15.3 Å². The molecule has 0 aliphatic rings. The average molecular weight is 348 g/mol. The molecule has 132 valence electrons. The van der Waals surface area contributed by atoms with Gasteiger partial charge in [-0.1, -0.05) is 29.8 Å². The van der Waals surface area contributed by atoms with Crippen molar-refractivity contribution in [3.63, 3.8) is 0 Å². The zero-order valence-electron chi connectivity index (χ0n) is 14.7. The van der Waals surface area contributed by atoms with Crippen LogP contribution in [-0.2, 0) is 6.54 Å². The SMILES string of the molecule is COc1ccc(Nc2nccc(C(=O)NCc3cccc(C)c3)n2)cc1. The van der Waals surface area contributed by atoms with Crippen LogP contribution in [0.3, 0.4) is 0 Å². The van der Waals surface area contributed by atoms with Crippen molar-refractivity contribution in [2.24, 2.45) is 0 Å². The Labute approximate surface area is 152 Å². The first-order valence-corrected chi connectivity index (χ1v) is 8.22. The number of rotatable bonds is 6. The van der Waals surface area contributed by atoms with Crippen LogP contribution in [0.15, 0.2) is 60.8 Å². The number of hydrogen-bond donors (Lipinski definition) is 2. The largest absolute Gasteiger partial charge is 0.497 e. The van der Waals surface area contributed by atoms with Crippen molar-refractivity contribution in [2.45, 2.75) is 13.5 Å². The third kappa shape index (κ3) is 4.57. The standard InChI is InChI=1S/C20H20N4O2/c1-14-4-3-5-15(12-14)13-22-19(25)18-10-11-21-20(24-18)23-16-6-8-17(26-2)9-7-16/h3-12H,13H2,1-2H3,(H,22,25)(H,21,23,24). The third-order valence-corrected chi connectivity index (χ3v) is 3.77. The Morgan fingerprint density at radius 2 is 1.92 bits per heavy atom. The number of carbonyl (C=O) groups is 1. The summed E-state index contributed by atoms with van der Waals surface area (Å²) in [7, 11) is 1.62. The number of anilines is 2. The average Bonchev–Trinajstić information content (AvgIpc) is 2.67. The fourth-order valence-corrected chi connectivity index (χ4v) is 2.44. The molecule has 0 fully saturated rings. The van der Waals surface area contributed by atoms with Gasteiger partial charge >= 0.3 is 0 Å². The molecule has 0 atom stereocenters. The van der Waals surface area contributed by atoms with Gasteiger partial charge in [-0.3, -0.25) is 4.79 Å². The van der Waals surface area contributed by atoms with Gasteiger partial charge in [0.05, 0.1) is 7.11 Å². The van der Waals surface area contributed by atoms with E-state index in [1.807, 2.05) is 55.5 Å². The van der Waals surface area contributed by atoms with Crippen LogP contribution in [0.5, 0.6) is 5.75 Å². The molecule has 0 aliphatic carbocycles. The highest BCUT2D eigenvalue weighted by Crippen LogP contribution is 2.17. The summed E-state index contributed by atoms with van der Waals surface area (Å²) in [5.41, 5.74) is 3.32. The molecule has 2 aromatic carbocycles. The molecule has 1 heterocycles. The molecule has 0 saturated heterocycles. The highest BCUT2D eigenvalue weighted by molar-refractivity contribution is 5.92. The molecule has 26 heavy (non-hydrogen) atoms. The van der Waals surface area contributed by atoms with Crippen LogP contribution in [-0.4, -0.2) is 23.0 Å². The van der Waals surface area contributed by atoms with Gasteiger partial charge in [0, 0.05) is 18.4 Å². The minimum Gasteiger partial charge on any atom is -0.497 e. The van der Waals surface area contributed by atoms with Crippen molar-refractivity contribution in [3.8, 4) is 5.75 Å². The number of nitrogens with one attached hydrogen (secondary N) is 2. The zero-order chi connectivity index (χ0) is 18.4. The maximum Gasteiger partial charge on any atom is 0.270 e. The van der Waals surface area contributed by atoms with Gasteiger partial charge in [-0.15, -0.1) is 0 Å². The first kappa shape index (κ1) is 17.4. The first-order valence-electron chi connectivity index (χ1n) is 8.22. The predicted octanol–water partition coefficient (Wildman–Crippen LogP) is 3.47. The Morgan fingerprint density at radius 1 is 1.12 bits per heavy atom. The van der Waals surface area contributed by atoms with E-state index in [2.05, 4.69) is 20.6 Å². The molecule has 0 unspecified atom stereocenters. The molecule has 1 amide bonds. The van der Waals surface area contributed by atoms with Crippen LogP contribution in [0.4, 0.5) is 11.6 Å². The van der Waals surface area contributed by atoms with Gasteiger partial charge in [-0.25, -0.2) is 9.97 Å². The number of ether oxygens (including phenoxy) is 1. The van der Waals surface area contributed by atoms with E-state index < -0.39 is 0 Å². The van der Waals surface area contributed by atoms with Crippen LogP contribution in [0.25, 0.3) is 0 Å². The molecular weight excluding hydrogens is 328 g/mol. The molecule has 0 aliphatic heterocycles. The minimum absolute atomic E-state index is 0.244. The fraction of sp³-hybridized carbons (Fsp3) is 0.150. The second kappa shape index (κ2) is 8.11. The molecule has 0 saturated carbocycles. The third-order valence-electron chi connectivity index (χ3n) is 3.77. The quantitative estimate of drug-likeness (QED) is 0.713. The van der Waals surface area contributed by atoms with Crippen molar-refractivity contribution in [2.75, 3.05) is 12.4 Å². The molecule has 3 aromatic rings. The van der Waals surface area contributed by atoms with Crippen LogP contribution >= 0.6 is 0 Å². The zero-order valence-corrected chi connectivity index (χ0v) is 14.7. The number of aryl methyl sites for hydroxylation is 1. The summed E-state index contributed by atoms with van der Waals surface area (Å²) in [4.78, 5) is 20.8. The van der Waals surface area contributed by atoms with Crippen LogP contribution in [0, 0.1) is 6.92 Å². The van der Waals surface area contributed by atoms with Crippen LogP contribution in [0.1, 0.15) is 21.6 Å².